The molecule has 14 nitrogen and oxygen atoms in total. The zero-order valence-electron chi connectivity index (χ0n) is 38.5. The number of hydrogen-bond acceptors (Lipinski definition) is 13. The number of methoxy groups -OCH3 is 1. The van der Waals surface area contributed by atoms with Crippen molar-refractivity contribution in [3.63, 3.8) is 0 Å². The molecule has 3 aliphatic heterocycles. The van der Waals surface area contributed by atoms with Gasteiger partial charge in [0.05, 0.1) is 47.1 Å². The molecule has 70 heavy (non-hydrogen) atoms. The third-order valence-corrected chi connectivity index (χ3v) is 14.8. The molecule has 4 heterocycles. The molecule has 1 spiro atoms. The molecular formula is C55H52N4O10S. The second-order valence-corrected chi connectivity index (χ2v) is 19.1. The first-order chi connectivity index (χ1) is 34.2. The maximum atomic E-state index is 16.6. The van der Waals surface area contributed by atoms with Crippen LogP contribution in [0.2, 0.25) is 0 Å². The predicted octanol–water partition coefficient (Wildman–Crippen LogP) is 8.19. The number of cyclic esters (lactones) is 1. The van der Waals surface area contributed by atoms with E-state index in [1.165, 1.54) is 18.4 Å². The summed E-state index contributed by atoms with van der Waals surface area (Å²) in [5.74, 6) is 2.67. The molecule has 6 aromatic rings. The van der Waals surface area contributed by atoms with Gasteiger partial charge in [0.15, 0.2) is 5.13 Å². The minimum absolute atomic E-state index is 0.0376. The fourth-order valence-electron chi connectivity index (χ4n) is 10.9. The summed E-state index contributed by atoms with van der Waals surface area (Å²) in [5, 5.41) is 25.1. The van der Waals surface area contributed by atoms with E-state index in [1.54, 1.807) is 42.5 Å². The Bertz CT molecular complexity index is 2950. The minimum Gasteiger partial charge on any atom is -0.491 e. The van der Waals surface area contributed by atoms with Gasteiger partial charge in [0.1, 0.15) is 42.1 Å². The first-order valence-corrected chi connectivity index (χ1v) is 24.5. The summed E-state index contributed by atoms with van der Waals surface area (Å²) in [6, 6.07) is 34.5. The third-order valence-electron chi connectivity index (χ3n) is 13.9. The number of carbonyl (C=O) groups is 4. The Morgan fingerprint density at radius 1 is 0.843 bits per heavy atom. The van der Waals surface area contributed by atoms with Gasteiger partial charge in [-0.25, -0.2) is 14.7 Å². The zero-order valence-corrected chi connectivity index (χ0v) is 39.3. The molecule has 0 radical (unpaired) electrons. The number of thiazole rings is 1. The molecule has 0 unspecified atom stereocenters. The van der Waals surface area contributed by atoms with Gasteiger partial charge in [-0.1, -0.05) is 127 Å². The van der Waals surface area contributed by atoms with Crippen molar-refractivity contribution in [2.45, 2.75) is 73.8 Å². The van der Waals surface area contributed by atoms with Crippen molar-refractivity contribution in [1.82, 2.24) is 9.88 Å². The van der Waals surface area contributed by atoms with E-state index in [9.17, 15) is 15.0 Å². The van der Waals surface area contributed by atoms with Crippen LogP contribution in [0.15, 0.2) is 127 Å². The van der Waals surface area contributed by atoms with Gasteiger partial charge in [-0.05, 0) is 78.8 Å². The molecule has 1 saturated carbocycles. The lowest BCUT2D eigenvalue weighted by Gasteiger charge is -2.46. The highest BCUT2D eigenvalue weighted by Crippen LogP contribution is 2.67. The number of rotatable bonds is 11. The SMILES string of the molecule is COCCOC(=O)N1C(=O)[C@@]2(c3cc(C#CC4(O)CCCCCC4)ccc31)[C@H](C(=O)Nc1nc3ccccc3s1)[C@H]1C(=O)O[C@H](c3ccccc3)[C@H](c3ccccc3)N1[C@@H]2c1ccccc1OCCO. The summed E-state index contributed by atoms with van der Waals surface area (Å²) in [5.41, 5.74) is -0.253. The molecule has 5 aromatic carbocycles. The van der Waals surface area contributed by atoms with Gasteiger partial charge in [-0.15, -0.1) is 0 Å². The molecule has 3 N–H and O–H groups in total. The van der Waals surface area contributed by atoms with E-state index in [1.807, 2.05) is 89.8 Å². The average molecular weight is 961 g/mol. The van der Waals surface area contributed by atoms with Gasteiger partial charge in [0, 0.05) is 18.2 Å². The topological polar surface area (TPSA) is 177 Å². The van der Waals surface area contributed by atoms with Gasteiger partial charge < -0.3 is 34.5 Å². The van der Waals surface area contributed by atoms with Crippen molar-refractivity contribution in [3.8, 4) is 17.6 Å². The number of amides is 3. The Labute approximate surface area is 409 Å². The van der Waals surface area contributed by atoms with Gasteiger partial charge >= 0.3 is 12.1 Å². The van der Waals surface area contributed by atoms with Crippen molar-refractivity contribution < 1.29 is 48.3 Å². The molecule has 1 aromatic heterocycles. The van der Waals surface area contributed by atoms with Crippen LogP contribution in [0.1, 0.15) is 84.5 Å². The van der Waals surface area contributed by atoms with Crippen molar-refractivity contribution >= 4 is 56.2 Å². The Morgan fingerprint density at radius 3 is 2.27 bits per heavy atom. The highest BCUT2D eigenvalue weighted by atomic mass is 32.1. The number of aliphatic hydroxyl groups excluding tert-OH is 1. The van der Waals surface area contributed by atoms with Crippen LogP contribution in [0.3, 0.4) is 0 Å². The number of esters is 1. The fourth-order valence-corrected chi connectivity index (χ4v) is 11.8. The van der Waals surface area contributed by atoms with E-state index in [0.717, 1.165) is 35.3 Å². The summed E-state index contributed by atoms with van der Waals surface area (Å²) in [6.45, 7) is -0.613. The van der Waals surface area contributed by atoms with E-state index in [-0.39, 0.29) is 48.6 Å². The summed E-state index contributed by atoms with van der Waals surface area (Å²) < 4.78 is 24.7. The van der Waals surface area contributed by atoms with Crippen molar-refractivity contribution in [2.75, 3.05) is 43.8 Å². The maximum Gasteiger partial charge on any atom is 0.421 e. The number of carbonyl (C=O) groups excluding carboxylic acids is 4. The number of ether oxygens (including phenoxy) is 4. The molecule has 6 atom stereocenters. The number of nitrogens with one attached hydrogen (secondary N) is 1. The Kier molecular flexibility index (Phi) is 13.2. The Hall–Kier alpha value is -6.93. The number of morpholine rings is 1. The lowest BCUT2D eigenvalue weighted by molar-refractivity contribution is -0.177. The van der Waals surface area contributed by atoms with E-state index in [2.05, 4.69) is 17.2 Å². The van der Waals surface area contributed by atoms with Crippen LogP contribution in [0.25, 0.3) is 10.2 Å². The smallest absolute Gasteiger partial charge is 0.421 e. The number of nitrogens with zero attached hydrogens (tertiary/aromatic N) is 3. The van der Waals surface area contributed by atoms with Gasteiger partial charge in [-0.3, -0.25) is 19.3 Å². The standard InChI is InChI=1S/C55H52N4O10S/c1-66-32-33-68-53(64)58-41-25-24-35(26-29-54(65)27-14-2-3-15-28-54)34-39(41)55(51(58)63)44(49(61)57-52-56-40-21-11-13-23-43(40)70-52)46-50(62)69-47(37-18-8-5-9-19-37)45(36-16-6-4-7-17-36)59(46)48(55)38-20-10-12-22-42(38)67-31-30-60/h4-13,16-25,34,44-48,60,65H,2-3,14-15,27-28,30-33H2,1H3,(H,56,57,61)/t44-,45-,46-,47+,48+,55-/m0/s1. The van der Waals surface area contributed by atoms with Crippen LogP contribution in [0, 0.1) is 17.8 Å². The first-order valence-electron chi connectivity index (χ1n) is 23.6. The lowest BCUT2D eigenvalue weighted by atomic mass is 9.65. The van der Waals surface area contributed by atoms with Gasteiger partial charge in [0.25, 0.3) is 0 Å². The predicted molar refractivity (Wildman–Crippen MR) is 262 cm³/mol. The molecule has 1 aliphatic carbocycles. The highest BCUT2D eigenvalue weighted by Gasteiger charge is 2.76. The van der Waals surface area contributed by atoms with Crippen molar-refractivity contribution in [2.24, 2.45) is 5.92 Å². The number of benzene rings is 5. The van der Waals surface area contributed by atoms with Crippen LogP contribution in [0.5, 0.6) is 5.75 Å². The van der Waals surface area contributed by atoms with Crippen molar-refractivity contribution in [3.05, 3.63) is 155 Å². The summed E-state index contributed by atoms with van der Waals surface area (Å²) in [6.07, 6.45) is 2.63. The van der Waals surface area contributed by atoms with Crippen molar-refractivity contribution in [1.29, 1.82) is 0 Å². The lowest BCUT2D eigenvalue weighted by Crippen LogP contribution is -2.54. The number of aromatic nitrogens is 1. The van der Waals surface area contributed by atoms with Crippen LogP contribution in [-0.4, -0.2) is 89.2 Å². The summed E-state index contributed by atoms with van der Waals surface area (Å²) in [7, 11) is 1.46. The molecule has 4 aliphatic rings. The van der Waals surface area contributed by atoms with Gasteiger partial charge in [0.2, 0.25) is 11.8 Å². The van der Waals surface area contributed by atoms with E-state index < -0.39 is 65.0 Å². The van der Waals surface area contributed by atoms with E-state index in [4.69, 9.17) is 23.9 Å². The van der Waals surface area contributed by atoms with E-state index >= 15 is 14.4 Å². The molecule has 3 amide bonds. The molecule has 15 heteroatoms. The molecule has 10 rings (SSSR count). The van der Waals surface area contributed by atoms with Gasteiger partial charge in [-0.2, -0.15) is 0 Å². The normalized spacial score (nSPS) is 23.7. The molecule has 2 saturated heterocycles. The summed E-state index contributed by atoms with van der Waals surface area (Å²) in [4.78, 5) is 70.4. The number of fused-ring (bicyclic) bond motifs is 4. The number of anilines is 2. The molecular weight excluding hydrogens is 909 g/mol. The van der Waals surface area contributed by atoms with Crippen LogP contribution in [-0.2, 0) is 34.0 Å². The van der Waals surface area contributed by atoms with Crippen LogP contribution >= 0.6 is 11.3 Å². The Morgan fingerprint density at radius 2 is 1.54 bits per heavy atom. The summed E-state index contributed by atoms with van der Waals surface area (Å²) >= 11 is 1.24. The monoisotopic (exact) mass is 960 g/mol. The number of imide groups is 1. The average Bonchev–Trinajstić information content (AvgIpc) is 3.95. The molecule has 3 fully saturated rings. The number of aliphatic hydroxyl groups is 2. The number of para-hydroxylation sites is 2. The number of hydrogen-bond donors (Lipinski definition) is 3. The first kappa shape index (κ1) is 46.8. The van der Waals surface area contributed by atoms with E-state index in [0.29, 0.717) is 40.6 Å². The second kappa shape index (κ2) is 19.8. The maximum absolute atomic E-state index is 16.6. The quantitative estimate of drug-likeness (QED) is 0.0492. The molecule has 0 bridgehead atoms. The van der Waals surface area contributed by atoms with Crippen LogP contribution in [0.4, 0.5) is 15.6 Å². The fraction of sp³-hybridized carbons (Fsp3) is 0.327. The zero-order chi connectivity index (χ0) is 48.4. The third kappa shape index (κ3) is 8.39. The van der Waals surface area contributed by atoms with Crippen LogP contribution < -0.4 is 15.0 Å². The highest BCUT2D eigenvalue weighted by molar-refractivity contribution is 7.22. The largest absolute Gasteiger partial charge is 0.491 e. The second-order valence-electron chi connectivity index (χ2n) is 18.0. The Balaban J connectivity index is 1.28. The minimum atomic E-state index is -2.16. The molecule has 358 valence electrons.